The number of anilines is 2. The second-order valence-electron chi connectivity index (χ2n) is 7.47. The number of ether oxygens (including phenoxy) is 3. The smallest absolute Gasteiger partial charge is 0.138 e. The molecule has 30 heavy (non-hydrogen) atoms. The predicted octanol–water partition coefficient (Wildman–Crippen LogP) is 4.48. The molecule has 1 aliphatic rings. The summed E-state index contributed by atoms with van der Waals surface area (Å²) in [5.41, 5.74) is 2.37. The molecule has 0 spiro atoms. The number of benzene rings is 3. The van der Waals surface area contributed by atoms with E-state index in [0.717, 1.165) is 30.3 Å². The first-order chi connectivity index (χ1) is 14.7. The predicted molar refractivity (Wildman–Crippen MR) is 121 cm³/mol. The van der Waals surface area contributed by atoms with Crippen molar-refractivity contribution in [3.05, 3.63) is 78.9 Å². The van der Waals surface area contributed by atoms with Crippen LogP contribution in [0.1, 0.15) is 0 Å². The number of nitrogens with zero attached hydrogens (tertiary/aromatic N) is 2. The SMILES string of the molecule is COc1ccc(O[C@@H]2CN(c3ccc(OC)cc3)[C@@H]2CN(C)c2ccccc2)cc1. The monoisotopic (exact) mass is 404 g/mol. The normalized spacial score (nSPS) is 17.8. The minimum atomic E-state index is 0.103. The summed E-state index contributed by atoms with van der Waals surface area (Å²) >= 11 is 0. The van der Waals surface area contributed by atoms with Gasteiger partial charge in [0.1, 0.15) is 23.4 Å². The van der Waals surface area contributed by atoms with Crippen molar-refractivity contribution >= 4 is 11.4 Å². The topological polar surface area (TPSA) is 34.2 Å². The Morgan fingerprint density at radius 2 is 1.37 bits per heavy atom. The molecule has 1 fully saturated rings. The molecule has 5 heteroatoms. The highest BCUT2D eigenvalue weighted by Crippen LogP contribution is 2.32. The Bertz CT molecular complexity index is 929. The molecule has 156 valence electrons. The van der Waals surface area contributed by atoms with Crippen molar-refractivity contribution in [2.45, 2.75) is 12.1 Å². The third-order valence-electron chi connectivity index (χ3n) is 5.61. The molecule has 0 radical (unpaired) electrons. The van der Waals surface area contributed by atoms with Crippen LogP contribution in [-0.4, -0.2) is 46.5 Å². The minimum Gasteiger partial charge on any atom is -0.497 e. The lowest BCUT2D eigenvalue weighted by molar-refractivity contribution is 0.118. The number of hydrogen-bond donors (Lipinski definition) is 0. The van der Waals surface area contributed by atoms with E-state index in [1.807, 2.05) is 42.5 Å². The first kappa shape index (κ1) is 20.0. The van der Waals surface area contributed by atoms with E-state index in [-0.39, 0.29) is 12.1 Å². The molecule has 1 aliphatic heterocycles. The van der Waals surface area contributed by atoms with E-state index in [2.05, 4.69) is 53.2 Å². The zero-order chi connectivity index (χ0) is 20.9. The number of methoxy groups -OCH3 is 2. The Balaban J connectivity index is 1.51. The van der Waals surface area contributed by atoms with Gasteiger partial charge in [-0.15, -0.1) is 0 Å². The van der Waals surface area contributed by atoms with Gasteiger partial charge in [0, 0.05) is 25.0 Å². The van der Waals surface area contributed by atoms with Crippen molar-refractivity contribution in [2.75, 3.05) is 44.2 Å². The Kier molecular flexibility index (Phi) is 5.98. The van der Waals surface area contributed by atoms with Gasteiger partial charge in [0.2, 0.25) is 0 Å². The van der Waals surface area contributed by atoms with Crippen LogP contribution >= 0.6 is 0 Å². The molecule has 0 bridgehead atoms. The summed E-state index contributed by atoms with van der Waals surface area (Å²) in [7, 11) is 5.49. The molecule has 1 saturated heterocycles. The van der Waals surface area contributed by atoms with Crippen molar-refractivity contribution in [1.82, 2.24) is 0 Å². The van der Waals surface area contributed by atoms with Crippen molar-refractivity contribution in [3.8, 4) is 17.2 Å². The molecular weight excluding hydrogens is 376 g/mol. The van der Waals surface area contributed by atoms with Crippen LogP contribution in [-0.2, 0) is 0 Å². The largest absolute Gasteiger partial charge is 0.497 e. The van der Waals surface area contributed by atoms with Crippen LogP contribution in [0.15, 0.2) is 78.9 Å². The molecule has 5 nitrogen and oxygen atoms in total. The summed E-state index contributed by atoms with van der Waals surface area (Å²) in [5, 5.41) is 0. The fourth-order valence-corrected chi connectivity index (χ4v) is 3.81. The van der Waals surface area contributed by atoms with E-state index in [0.29, 0.717) is 0 Å². The van der Waals surface area contributed by atoms with Gasteiger partial charge >= 0.3 is 0 Å². The molecule has 0 aromatic heterocycles. The number of hydrogen-bond acceptors (Lipinski definition) is 5. The molecule has 0 saturated carbocycles. The van der Waals surface area contributed by atoms with Gasteiger partial charge in [-0.05, 0) is 60.7 Å². The van der Waals surface area contributed by atoms with E-state index in [4.69, 9.17) is 14.2 Å². The second-order valence-corrected chi connectivity index (χ2v) is 7.47. The maximum absolute atomic E-state index is 6.35. The van der Waals surface area contributed by atoms with Crippen LogP contribution in [0.3, 0.4) is 0 Å². The zero-order valence-corrected chi connectivity index (χ0v) is 17.7. The van der Waals surface area contributed by atoms with Crippen molar-refractivity contribution < 1.29 is 14.2 Å². The summed E-state index contributed by atoms with van der Waals surface area (Å²) in [6, 6.07) is 26.7. The van der Waals surface area contributed by atoms with Gasteiger partial charge in [-0.1, -0.05) is 18.2 Å². The van der Waals surface area contributed by atoms with E-state index in [1.54, 1.807) is 14.2 Å². The van der Waals surface area contributed by atoms with Crippen molar-refractivity contribution in [3.63, 3.8) is 0 Å². The Hall–Kier alpha value is -3.34. The molecule has 0 aliphatic carbocycles. The van der Waals surface area contributed by atoms with E-state index < -0.39 is 0 Å². The second kappa shape index (κ2) is 8.99. The average Bonchev–Trinajstić information content (AvgIpc) is 2.81. The average molecular weight is 405 g/mol. The van der Waals surface area contributed by atoms with Gasteiger partial charge in [-0.25, -0.2) is 0 Å². The van der Waals surface area contributed by atoms with Gasteiger partial charge in [-0.2, -0.15) is 0 Å². The minimum absolute atomic E-state index is 0.103. The zero-order valence-electron chi connectivity index (χ0n) is 17.7. The van der Waals surface area contributed by atoms with Crippen molar-refractivity contribution in [2.24, 2.45) is 0 Å². The molecule has 3 aromatic carbocycles. The molecule has 0 N–H and O–H groups in total. The van der Waals surface area contributed by atoms with Crippen LogP contribution in [0.2, 0.25) is 0 Å². The number of rotatable bonds is 8. The lowest BCUT2D eigenvalue weighted by Crippen LogP contribution is -2.66. The summed E-state index contributed by atoms with van der Waals surface area (Å²) < 4.78 is 16.9. The van der Waals surface area contributed by atoms with Gasteiger partial charge < -0.3 is 24.0 Å². The highest BCUT2D eigenvalue weighted by atomic mass is 16.5. The third-order valence-corrected chi connectivity index (χ3v) is 5.61. The maximum atomic E-state index is 6.35. The summed E-state index contributed by atoms with van der Waals surface area (Å²) in [4.78, 5) is 4.68. The van der Waals surface area contributed by atoms with Gasteiger partial charge in [0.05, 0.1) is 26.8 Å². The molecule has 0 unspecified atom stereocenters. The van der Waals surface area contributed by atoms with Crippen LogP contribution in [0.5, 0.6) is 17.2 Å². The van der Waals surface area contributed by atoms with Gasteiger partial charge in [-0.3, -0.25) is 0 Å². The number of para-hydroxylation sites is 1. The summed E-state index contributed by atoms with van der Waals surface area (Å²) in [5.74, 6) is 2.56. The molecule has 4 rings (SSSR count). The fourth-order valence-electron chi connectivity index (χ4n) is 3.81. The van der Waals surface area contributed by atoms with E-state index in [1.165, 1.54) is 11.4 Å². The summed E-state index contributed by atoms with van der Waals surface area (Å²) in [6.45, 7) is 1.70. The van der Waals surface area contributed by atoms with Crippen LogP contribution in [0.4, 0.5) is 11.4 Å². The third kappa shape index (κ3) is 4.30. The highest BCUT2D eigenvalue weighted by molar-refractivity contribution is 5.55. The van der Waals surface area contributed by atoms with Crippen molar-refractivity contribution in [1.29, 1.82) is 0 Å². The molecular formula is C25H28N2O3. The lowest BCUT2D eigenvalue weighted by Gasteiger charge is -2.50. The van der Waals surface area contributed by atoms with E-state index >= 15 is 0 Å². The van der Waals surface area contributed by atoms with Gasteiger partial charge in [0.25, 0.3) is 0 Å². The van der Waals surface area contributed by atoms with Crippen LogP contribution in [0, 0.1) is 0 Å². The molecule has 0 amide bonds. The Labute approximate surface area is 178 Å². The molecule has 1 heterocycles. The first-order valence-corrected chi connectivity index (χ1v) is 10.2. The lowest BCUT2D eigenvalue weighted by atomic mass is 9.96. The maximum Gasteiger partial charge on any atom is 0.138 e. The fraction of sp³-hybridized carbons (Fsp3) is 0.280. The standard InChI is InChI=1S/C25H28N2O3/c1-26(19-7-5-4-6-8-19)17-24-25(30-23-15-13-22(29-3)14-16-23)18-27(24)20-9-11-21(28-2)12-10-20/h4-16,24-25H,17-18H2,1-3H3/t24-,25-/m1/s1. The van der Waals surface area contributed by atoms with Crippen LogP contribution < -0.4 is 24.0 Å². The summed E-state index contributed by atoms with van der Waals surface area (Å²) in [6.07, 6.45) is 0.103. The quantitative estimate of drug-likeness (QED) is 0.553. The Morgan fingerprint density at radius 3 is 1.97 bits per heavy atom. The Morgan fingerprint density at radius 1 is 0.800 bits per heavy atom. The van der Waals surface area contributed by atoms with Gasteiger partial charge in [0.15, 0.2) is 0 Å². The number of likely N-dealkylation sites (N-methyl/N-ethyl adjacent to an activating group) is 1. The molecule has 3 aromatic rings. The highest BCUT2D eigenvalue weighted by Gasteiger charge is 2.41. The van der Waals surface area contributed by atoms with Crippen LogP contribution in [0.25, 0.3) is 0 Å². The molecule has 2 atom stereocenters. The first-order valence-electron chi connectivity index (χ1n) is 10.2. The van der Waals surface area contributed by atoms with E-state index in [9.17, 15) is 0 Å².